The highest BCUT2D eigenvalue weighted by molar-refractivity contribution is 6.26. The van der Waals surface area contributed by atoms with Crippen molar-refractivity contribution in [3.8, 4) is 0 Å². The molecule has 5 heteroatoms. The van der Waals surface area contributed by atoms with Gasteiger partial charge in [-0.05, 0) is 13.0 Å². The Balaban J connectivity index is 3.85. The first-order valence-electron chi connectivity index (χ1n) is 7.05. The molecular formula is C14H28O4Si. The summed E-state index contributed by atoms with van der Waals surface area (Å²) in [6.07, 6.45) is 3.06. The third-order valence-electron chi connectivity index (χ3n) is 2.83. The molecule has 19 heavy (non-hydrogen) atoms. The van der Waals surface area contributed by atoms with Crippen LogP contribution >= 0.6 is 0 Å². The fraction of sp³-hybridized carbons (Fsp3) is 0.786. The van der Waals surface area contributed by atoms with Gasteiger partial charge < -0.3 is 13.9 Å². The van der Waals surface area contributed by atoms with Crippen molar-refractivity contribution in [2.75, 3.05) is 13.2 Å². The number of rotatable bonds is 11. The molecule has 0 aromatic carbocycles. The third-order valence-corrected chi connectivity index (χ3v) is 4.19. The molecule has 1 unspecified atom stereocenters. The van der Waals surface area contributed by atoms with Crippen LogP contribution in [-0.2, 0) is 18.7 Å². The molecule has 0 aromatic rings. The predicted octanol–water partition coefficient (Wildman–Crippen LogP) is 2.57. The molecule has 0 aromatic heterocycles. The second kappa shape index (κ2) is 10.2. The van der Waals surface area contributed by atoms with Gasteiger partial charge in [0.25, 0.3) is 0 Å². The molecule has 0 bridgehead atoms. The van der Waals surface area contributed by atoms with Gasteiger partial charge in [0.15, 0.2) is 9.76 Å². The Morgan fingerprint density at radius 3 is 2.53 bits per heavy atom. The number of esters is 1. The van der Waals surface area contributed by atoms with Crippen molar-refractivity contribution in [1.29, 1.82) is 0 Å². The first-order valence-corrected chi connectivity index (χ1v) is 8.63. The molecule has 0 aliphatic rings. The summed E-state index contributed by atoms with van der Waals surface area (Å²) >= 11 is 0. The van der Waals surface area contributed by atoms with Crippen molar-refractivity contribution in [2.24, 2.45) is 0 Å². The molecule has 0 N–H and O–H groups in total. The van der Waals surface area contributed by atoms with E-state index >= 15 is 0 Å². The number of carbonyl (C=O) groups excluding carboxylic acids is 1. The predicted molar refractivity (Wildman–Crippen MR) is 79.8 cm³/mol. The molecule has 0 aliphatic heterocycles. The summed E-state index contributed by atoms with van der Waals surface area (Å²) in [6.45, 7) is 12.1. The summed E-state index contributed by atoms with van der Waals surface area (Å²) in [5, 5.41) is 0. The Morgan fingerprint density at radius 2 is 2.00 bits per heavy atom. The normalized spacial score (nSPS) is 14.5. The van der Waals surface area contributed by atoms with Gasteiger partial charge in [0.1, 0.15) is 0 Å². The standard InChI is InChI=1S/C14H28O4Si/c1-6-8-11-19-17-10-9-16-14(5,7-2)18-13(15)12(3)4/h3,6-11,19H2,1-2,4-5H3. The quantitative estimate of drug-likeness (QED) is 0.193. The lowest BCUT2D eigenvalue weighted by molar-refractivity contribution is -0.223. The number of hydrogen-bond donors (Lipinski definition) is 0. The molecule has 0 saturated heterocycles. The van der Waals surface area contributed by atoms with Crippen LogP contribution in [0.15, 0.2) is 12.2 Å². The van der Waals surface area contributed by atoms with Gasteiger partial charge in [-0.1, -0.05) is 33.3 Å². The van der Waals surface area contributed by atoms with Crippen molar-refractivity contribution in [3.63, 3.8) is 0 Å². The van der Waals surface area contributed by atoms with Crippen LogP contribution in [-0.4, -0.2) is 34.7 Å². The summed E-state index contributed by atoms with van der Waals surface area (Å²) in [4.78, 5) is 11.5. The maximum atomic E-state index is 11.5. The van der Waals surface area contributed by atoms with E-state index in [0.717, 1.165) is 0 Å². The van der Waals surface area contributed by atoms with Gasteiger partial charge in [-0.2, -0.15) is 0 Å². The van der Waals surface area contributed by atoms with Gasteiger partial charge in [0, 0.05) is 18.9 Å². The van der Waals surface area contributed by atoms with Crippen LogP contribution in [0, 0.1) is 0 Å². The van der Waals surface area contributed by atoms with E-state index in [1.807, 2.05) is 6.92 Å². The fourth-order valence-corrected chi connectivity index (χ4v) is 2.59. The lowest BCUT2D eigenvalue weighted by atomic mass is 10.2. The zero-order valence-corrected chi connectivity index (χ0v) is 14.2. The summed E-state index contributed by atoms with van der Waals surface area (Å²) < 4.78 is 16.5. The Hall–Kier alpha value is -0.653. The van der Waals surface area contributed by atoms with Crippen LogP contribution in [0.1, 0.15) is 47.0 Å². The lowest BCUT2D eigenvalue weighted by Crippen LogP contribution is -2.35. The van der Waals surface area contributed by atoms with Crippen LogP contribution in [0.5, 0.6) is 0 Å². The average molecular weight is 288 g/mol. The summed E-state index contributed by atoms with van der Waals surface area (Å²) in [5.74, 6) is -1.30. The zero-order valence-electron chi connectivity index (χ0n) is 12.8. The molecule has 0 radical (unpaired) electrons. The molecule has 4 nitrogen and oxygen atoms in total. The molecule has 0 spiro atoms. The monoisotopic (exact) mass is 288 g/mol. The van der Waals surface area contributed by atoms with Gasteiger partial charge >= 0.3 is 5.97 Å². The topological polar surface area (TPSA) is 44.8 Å². The first kappa shape index (κ1) is 18.3. The number of unbranched alkanes of at least 4 members (excludes halogenated alkanes) is 1. The molecule has 0 fully saturated rings. The Labute approximate surface area is 119 Å². The van der Waals surface area contributed by atoms with Crippen molar-refractivity contribution in [2.45, 2.75) is 58.8 Å². The third kappa shape index (κ3) is 8.97. The van der Waals surface area contributed by atoms with E-state index in [2.05, 4.69) is 13.5 Å². The number of hydrogen-bond acceptors (Lipinski definition) is 4. The summed E-state index contributed by atoms with van der Waals surface area (Å²) in [5.41, 5.74) is 0.381. The molecular weight excluding hydrogens is 260 g/mol. The molecule has 1 atom stereocenters. The highest BCUT2D eigenvalue weighted by Gasteiger charge is 2.27. The van der Waals surface area contributed by atoms with E-state index in [1.54, 1.807) is 13.8 Å². The smallest absolute Gasteiger partial charge is 0.335 e. The zero-order chi connectivity index (χ0) is 14.7. The second-order valence-electron chi connectivity index (χ2n) is 4.83. The van der Waals surface area contributed by atoms with Crippen molar-refractivity contribution in [1.82, 2.24) is 0 Å². The highest BCUT2D eigenvalue weighted by Crippen LogP contribution is 2.18. The van der Waals surface area contributed by atoms with Gasteiger partial charge in [-0.3, -0.25) is 0 Å². The minimum absolute atomic E-state index is 0.381. The Morgan fingerprint density at radius 1 is 1.32 bits per heavy atom. The molecule has 0 rings (SSSR count). The van der Waals surface area contributed by atoms with Gasteiger partial charge in [-0.15, -0.1) is 0 Å². The van der Waals surface area contributed by atoms with Crippen LogP contribution in [0.4, 0.5) is 0 Å². The Kier molecular flexibility index (Phi) is 9.82. The Bertz CT molecular complexity index is 281. The van der Waals surface area contributed by atoms with E-state index in [9.17, 15) is 4.79 Å². The maximum absolute atomic E-state index is 11.5. The minimum atomic E-state index is -0.885. The molecule has 0 saturated carbocycles. The van der Waals surface area contributed by atoms with Crippen LogP contribution < -0.4 is 0 Å². The van der Waals surface area contributed by atoms with Crippen molar-refractivity contribution >= 4 is 15.7 Å². The van der Waals surface area contributed by atoms with E-state index in [4.69, 9.17) is 13.9 Å². The molecule has 0 heterocycles. The van der Waals surface area contributed by atoms with Crippen LogP contribution in [0.2, 0.25) is 6.04 Å². The lowest BCUT2D eigenvalue weighted by Gasteiger charge is -2.28. The fourth-order valence-electron chi connectivity index (χ4n) is 1.36. The van der Waals surface area contributed by atoms with E-state index in [-0.39, 0.29) is 0 Å². The van der Waals surface area contributed by atoms with Gasteiger partial charge in [0.05, 0.1) is 13.2 Å². The van der Waals surface area contributed by atoms with Crippen LogP contribution in [0.25, 0.3) is 0 Å². The first-order chi connectivity index (χ1) is 8.95. The minimum Gasteiger partial charge on any atom is -0.430 e. The average Bonchev–Trinajstić information content (AvgIpc) is 2.37. The van der Waals surface area contributed by atoms with Gasteiger partial charge in [-0.25, -0.2) is 4.79 Å². The molecule has 112 valence electrons. The van der Waals surface area contributed by atoms with E-state index < -0.39 is 21.5 Å². The number of ether oxygens (including phenoxy) is 2. The summed E-state index contributed by atoms with van der Waals surface area (Å²) in [6, 6.07) is 1.21. The number of carbonyl (C=O) groups is 1. The second-order valence-corrected chi connectivity index (χ2v) is 6.35. The van der Waals surface area contributed by atoms with E-state index in [0.29, 0.717) is 25.2 Å². The molecule has 0 amide bonds. The highest BCUT2D eigenvalue weighted by atomic mass is 28.2. The molecule has 0 aliphatic carbocycles. The van der Waals surface area contributed by atoms with Crippen LogP contribution in [0.3, 0.4) is 0 Å². The SMILES string of the molecule is C=C(C)C(=O)OC(C)(CC)OCCO[SiH2]CCCC. The summed E-state index contributed by atoms with van der Waals surface area (Å²) in [7, 11) is -0.407. The van der Waals surface area contributed by atoms with Crippen molar-refractivity contribution in [3.05, 3.63) is 12.2 Å². The van der Waals surface area contributed by atoms with Gasteiger partial charge in [0.2, 0.25) is 5.79 Å². The van der Waals surface area contributed by atoms with E-state index in [1.165, 1.54) is 18.9 Å². The van der Waals surface area contributed by atoms with Crippen molar-refractivity contribution < 1.29 is 18.7 Å². The largest absolute Gasteiger partial charge is 0.430 e. The maximum Gasteiger partial charge on any atom is 0.335 e.